The number of aromatic nitrogens is 2. The maximum Gasteiger partial charge on any atom is 0.123 e. The van der Waals surface area contributed by atoms with Gasteiger partial charge in [-0.1, -0.05) is 25.4 Å². The minimum atomic E-state index is -0.282. The number of rotatable bonds is 5. The smallest absolute Gasteiger partial charge is 0.123 e. The molecule has 1 aromatic heterocycles. The van der Waals surface area contributed by atoms with E-state index in [4.69, 9.17) is 11.6 Å². The van der Waals surface area contributed by atoms with Gasteiger partial charge in [0.2, 0.25) is 0 Å². The number of nitrogens with one attached hydrogen (secondary N) is 1. The molecule has 1 heterocycles. The summed E-state index contributed by atoms with van der Waals surface area (Å²) >= 11 is 6.09. The minimum Gasteiger partial charge on any atom is -0.310 e. The maximum atomic E-state index is 13.3. The summed E-state index contributed by atoms with van der Waals surface area (Å²) in [5.74, 6) is -0.282. The van der Waals surface area contributed by atoms with Crippen LogP contribution >= 0.6 is 11.6 Å². The second-order valence-electron chi connectivity index (χ2n) is 5.18. The third kappa shape index (κ3) is 3.58. The Kier molecular flexibility index (Phi) is 4.78. The van der Waals surface area contributed by atoms with Gasteiger partial charge in [-0.25, -0.2) is 4.39 Å². The highest BCUT2D eigenvalue weighted by molar-refractivity contribution is 6.31. The summed E-state index contributed by atoms with van der Waals surface area (Å²) in [4.78, 5) is 0. The van der Waals surface area contributed by atoms with Crippen LogP contribution < -0.4 is 5.32 Å². The van der Waals surface area contributed by atoms with Crippen molar-refractivity contribution in [2.45, 2.75) is 39.9 Å². The van der Waals surface area contributed by atoms with Gasteiger partial charge in [0.1, 0.15) is 5.82 Å². The molecule has 0 saturated heterocycles. The molecular weight excluding hydrogens is 277 g/mol. The molecule has 0 atom stereocenters. The predicted molar refractivity (Wildman–Crippen MR) is 79.5 cm³/mol. The largest absolute Gasteiger partial charge is 0.310 e. The zero-order valence-electron chi connectivity index (χ0n) is 12.0. The topological polar surface area (TPSA) is 29.9 Å². The van der Waals surface area contributed by atoms with Crippen LogP contribution in [0.5, 0.6) is 0 Å². The first kappa shape index (κ1) is 15.0. The summed E-state index contributed by atoms with van der Waals surface area (Å²) in [6.45, 7) is 7.47. The third-order valence-electron chi connectivity index (χ3n) is 3.23. The van der Waals surface area contributed by atoms with Gasteiger partial charge in [0.15, 0.2) is 0 Å². The number of hydrogen-bond donors (Lipinski definition) is 1. The van der Waals surface area contributed by atoms with Crippen molar-refractivity contribution in [3.8, 4) is 0 Å². The van der Waals surface area contributed by atoms with Gasteiger partial charge in [0.05, 0.1) is 12.7 Å². The van der Waals surface area contributed by atoms with E-state index in [1.807, 2.05) is 17.8 Å². The summed E-state index contributed by atoms with van der Waals surface area (Å²) in [6.07, 6.45) is 1.85. The molecule has 0 bridgehead atoms. The zero-order valence-corrected chi connectivity index (χ0v) is 12.7. The third-order valence-corrected chi connectivity index (χ3v) is 3.60. The van der Waals surface area contributed by atoms with Crippen molar-refractivity contribution < 1.29 is 4.39 Å². The Morgan fingerprint density at radius 3 is 2.80 bits per heavy atom. The van der Waals surface area contributed by atoms with Crippen LogP contribution in [-0.2, 0) is 13.1 Å². The lowest BCUT2D eigenvalue weighted by Gasteiger charge is -2.09. The summed E-state index contributed by atoms with van der Waals surface area (Å²) in [6, 6.07) is 4.82. The molecule has 5 heteroatoms. The molecule has 0 saturated carbocycles. The van der Waals surface area contributed by atoms with Gasteiger partial charge < -0.3 is 5.32 Å². The van der Waals surface area contributed by atoms with Crippen LogP contribution in [0.4, 0.5) is 4.39 Å². The van der Waals surface area contributed by atoms with Crippen molar-refractivity contribution >= 4 is 11.6 Å². The average molecular weight is 296 g/mol. The fraction of sp³-hybridized carbons (Fsp3) is 0.400. The van der Waals surface area contributed by atoms with E-state index in [9.17, 15) is 4.39 Å². The van der Waals surface area contributed by atoms with E-state index < -0.39 is 0 Å². The lowest BCUT2D eigenvalue weighted by Crippen LogP contribution is -2.22. The molecule has 2 rings (SSSR count). The van der Waals surface area contributed by atoms with Gasteiger partial charge in [-0.2, -0.15) is 5.10 Å². The fourth-order valence-corrected chi connectivity index (χ4v) is 2.14. The Morgan fingerprint density at radius 2 is 2.10 bits per heavy atom. The highest BCUT2D eigenvalue weighted by Crippen LogP contribution is 2.19. The standard InChI is InChI=1S/C15H19ClFN3/c1-10(2)18-7-13-8-19-20(11(13)3)9-12-6-14(17)4-5-15(12)16/h4-6,8,10,18H,7,9H2,1-3H3. The molecule has 0 radical (unpaired) electrons. The lowest BCUT2D eigenvalue weighted by atomic mass is 10.2. The van der Waals surface area contributed by atoms with Gasteiger partial charge in [0.25, 0.3) is 0 Å². The Hall–Kier alpha value is -1.39. The van der Waals surface area contributed by atoms with Crippen molar-refractivity contribution in [2.24, 2.45) is 0 Å². The monoisotopic (exact) mass is 295 g/mol. The second-order valence-corrected chi connectivity index (χ2v) is 5.59. The molecule has 0 aliphatic rings. The lowest BCUT2D eigenvalue weighted by molar-refractivity contribution is 0.584. The van der Waals surface area contributed by atoms with Crippen molar-refractivity contribution in [2.75, 3.05) is 0 Å². The summed E-state index contributed by atoms with van der Waals surface area (Å²) in [5.41, 5.74) is 2.95. The van der Waals surface area contributed by atoms with Crippen molar-refractivity contribution in [3.63, 3.8) is 0 Å². The van der Waals surface area contributed by atoms with Crippen LogP contribution in [-0.4, -0.2) is 15.8 Å². The summed E-state index contributed by atoms with van der Waals surface area (Å²) in [5, 5.41) is 8.27. The first-order chi connectivity index (χ1) is 9.47. The number of nitrogens with zero attached hydrogens (tertiary/aromatic N) is 2. The van der Waals surface area contributed by atoms with Gasteiger partial charge in [0, 0.05) is 28.9 Å². The molecule has 0 aliphatic heterocycles. The predicted octanol–water partition coefficient (Wildman–Crippen LogP) is 3.53. The maximum absolute atomic E-state index is 13.3. The molecule has 0 spiro atoms. The van der Waals surface area contributed by atoms with E-state index >= 15 is 0 Å². The van der Waals surface area contributed by atoms with Crippen molar-refractivity contribution in [1.29, 1.82) is 0 Å². The van der Waals surface area contributed by atoms with Crippen LogP contribution in [0.1, 0.15) is 30.7 Å². The average Bonchev–Trinajstić information content (AvgIpc) is 2.73. The molecule has 108 valence electrons. The Morgan fingerprint density at radius 1 is 1.35 bits per heavy atom. The summed E-state index contributed by atoms with van der Waals surface area (Å²) < 4.78 is 15.1. The van der Waals surface area contributed by atoms with E-state index in [-0.39, 0.29) is 5.82 Å². The van der Waals surface area contributed by atoms with Crippen LogP contribution in [0, 0.1) is 12.7 Å². The van der Waals surface area contributed by atoms with Gasteiger partial charge in [-0.3, -0.25) is 4.68 Å². The van der Waals surface area contributed by atoms with Gasteiger partial charge in [-0.15, -0.1) is 0 Å². The van der Waals surface area contributed by atoms with E-state index in [0.29, 0.717) is 17.6 Å². The van der Waals surface area contributed by atoms with Crippen LogP contribution in [0.25, 0.3) is 0 Å². The normalized spacial score (nSPS) is 11.3. The molecule has 2 aromatic rings. The number of benzene rings is 1. The number of halogens is 2. The molecule has 0 amide bonds. The zero-order chi connectivity index (χ0) is 14.7. The van der Waals surface area contributed by atoms with Crippen LogP contribution in [0.15, 0.2) is 24.4 Å². The van der Waals surface area contributed by atoms with E-state index in [1.54, 1.807) is 6.07 Å². The molecule has 1 aromatic carbocycles. The first-order valence-corrected chi connectivity index (χ1v) is 7.03. The molecule has 0 aliphatic carbocycles. The first-order valence-electron chi connectivity index (χ1n) is 6.66. The molecule has 0 unspecified atom stereocenters. The van der Waals surface area contributed by atoms with Gasteiger partial charge in [-0.05, 0) is 30.7 Å². The SMILES string of the molecule is Cc1c(CNC(C)C)cnn1Cc1cc(F)ccc1Cl. The highest BCUT2D eigenvalue weighted by atomic mass is 35.5. The minimum absolute atomic E-state index is 0.282. The van der Waals surface area contributed by atoms with E-state index in [0.717, 1.165) is 23.4 Å². The van der Waals surface area contributed by atoms with E-state index in [1.165, 1.54) is 12.1 Å². The molecule has 20 heavy (non-hydrogen) atoms. The molecule has 1 N–H and O–H groups in total. The Labute approximate surface area is 123 Å². The molecule has 0 fully saturated rings. The highest BCUT2D eigenvalue weighted by Gasteiger charge is 2.09. The fourth-order valence-electron chi connectivity index (χ4n) is 1.96. The van der Waals surface area contributed by atoms with Crippen LogP contribution in [0.2, 0.25) is 5.02 Å². The molecule has 3 nitrogen and oxygen atoms in total. The van der Waals surface area contributed by atoms with E-state index in [2.05, 4.69) is 24.3 Å². The quantitative estimate of drug-likeness (QED) is 0.914. The summed E-state index contributed by atoms with van der Waals surface area (Å²) in [7, 11) is 0. The van der Waals surface area contributed by atoms with Crippen molar-refractivity contribution in [1.82, 2.24) is 15.1 Å². The number of hydrogen-bond acceptors (Lipinski definition) is 2. The molecular formula is C15H19ClFN3. The second kappa shape index (κ2) is 6.37. The van der Waals surface area contributed by atoms with Crippen molar-refractivity contribution in [3.05, 3.63) is 52.1 Å². The Bertz CT molecular complexity index is 593. The van der Waals surface area contributed by atoms with Gasteiger partial charge >= 0.3 is 0 Å². The van der Waals surface area contributed by atoms with Crippen LogP contribution in [0.3, 0.4) is 0 Å². The Balaban J connectivity index is 2.16.